The van der Waals surface area contributed by atoms with E-state index in [0.717, 1.165) is 43.1 Å². The molecule has 2 fully saturated rings. The molecule has 2 heterocycles. The molecule has 28 heavy (non-hydrogen) atoms. The van der Waals surface area contributed by atoms with Crippen LogP contribution in [0.3, 0.4) is 0 Å². The van der Waals surface area contributed by atoms with Crippen LogP contribution < -0.4 is 5.32 Å². The van der Waals surface area contributed by atoms with Crippen molar-refractivity contribution in [3.05, 3.63) is 28.6 Å². The van der Waals surface area contributed by atoms with Crippen molar-refractivity contribution < 1.29 is 14.3 Å². The molecule has 1 saturated carbocycles. The molecule has 1 aromatic heterocycles. The Labute approximate surface area is 171 Å². The van der Waals surface area contributed by atoms with Gasteiger partial charge in [-0.05, 0) is 12.8 Å². The van der Waals surface area contributed by atoms with Crippen LogP contribution in [0.5, 0.6) is 0 Å². The summed E-state index contributed by atoms with van der Waals surface area (Å²) < 4.78 is 13.2. The van der Waals surface area contributed by atoms with Crippen LogP contribution in [-0.2, 0) is 20.8 Å². The predicted molar refractivity (Wildman–Crippen MR) is 110 cm³/mol. The molecule has 1 aliphatic heterocycles. The molecule has 6 nitrogen and oxygen atoms in total. The molecule has 1 saturated heterocycles. The van der Waals surface area contributed by atoms with Crippen molar-refractivity contribution in [3.8, 4) is 0 Å². The molecule has 1 aromatic rings. The summed E-state index contributed by atoms with van der Waals surface area (Å²) >= 11 is 6.47. The number of methoxy groups -OCH3 is 1. The number of morpholine rings is 1. The summed E-state index contributed by atoms with van der Waals surface area (Å²) in [5.41, 5.74) is 2.35. The Morgan fingerprint density at radius 2 is 2.29 bits per heavy atom. The number of fused-ring (bicyclic) bond motifs is 1. The first kappa shape index (κ1) is 20.0. The monoisotopic (exact) mass is 407 g/mol. The number of rotatable bonds is 7. The fraction of sp³-hybridized carbons (Fsp3) is 0.667. The van der Waals surface area contributed by atoms with E-state index in [2.05, 4.69) is 33.9 Å². The van der Waals surface area contributed by atoms with Gasteiger partial charge in [0.15, 0.2) is 0 Å². The Hall–Kier alpha value is -1.34. The molecule has 2 aliphatic carbocycles. The SMILES string of the molecule is COCCn1cc(Cl)c2c1[C@H](C)C(CN(C(=O)C1CNCCO1)C1CC1)C=C2. The summed E-state index contributed by atoms with van der Waals surface area (Å²) in [4.78, 5) is 15.2. The van der Waals surface area contributed by atoms with Gasteiger partial charge in [0.25, 0.3) is 5.91 Å². The second-order valence-electron chi connectivity index (χ2n) is 8.06. The lowest BCUT2D eigenvalue weighted by atomic mass is 9.84. The highest BCUT2D eigenvalue weighted by molar-refractivity contribution is 6.32. The van der Waals surface area contributed by atoms with Crippen molar-refractivity contribution >= 4 is 23.6 Å². The van der Waals surface area contributed by atoms with E-state index in [0.29, 0.717) is 25.8 Å². The highest BCUT2D eigenvalue weighted by Gasteiger charge is 2.39. The Morgan fingerprint density at radius 3 is 2.96 bits per heavy atom. The number of nitrogens with zero attached hydrogens (tertiary/aromatic N) is 2. The summed E-state index contributed by atoms with van der Waals surface area (Å²) in [5.74, 6) is 0.679. The average Bonchev–Trinajstić information content (AvgIpc) is 3.50. The summed E-state index contributed by atoms with van der Waals surface area (Å²) in [6.45, 7) is 6.42. The second kappa shape index (κ2) is 8.57. The van der Waals surface area contributed by atoms with Gasteiger partial charge in [0.1, 0.15) is 6.10 Å². The number of ether oxygens (including phenoxy) is 2. The first-order valence-electron chi connectivity index (χ1n) is 10.3. The normalized spacial score (nSPS) is 26.9. The standard InChI is InChI=1S/C21H30ClN3O3/c1-14-15(3-6-17-18(22)13-24(20(14)17)8-10-27-2)12-25(16-4-5-16)21(26)19-11-23-7-9-28-19/h3,6,13-16,19,23H,4-5,7-12H2,1-2H3/t14-,15?,19?/m1/s1. The third-order valence-corrected chi connectivity index (χ3v) is 6.41. The number of hydrogen-bond donors (Lipinski definition) is 1. The molecule has 7 heteroatoms. The van der Waals surface area contributed by atoms with Gasteiger partial charge >= 0.3 is 0 Å². The highest BCUT2D eigenvalue weighted by atomic mass is 35.5. The molecule has 3 aliphatic rings. The molecule has 0 spiro atoms. The summed E-state index contributed by atoms with van der Waals surface area (Å²) in [7, 11) is 1.71. The van der Waals surface area contributed by atoms with Crippen molar-refractivity contribution in [1.29, 1.82) is 0 Å². The molecule has 1 N–H and O–H groups in total. The smallest absolute Gasteiger partial charge is 0.253 e. The lowest BCUT2D eigenvalue weighted by Gasteiger charge is -2.35. The van der Waals surface area contributed by atoms with Crippen LogP contribution in [-0.4, -0.2) is 67.5 Å². The minimum absolute atomic E-state index is 0.133. The van der Waals surface area contributed by atoms with E-state index in [1.807, 2.05) is 6.20 Å². The lowest BCUT2D eigenvalue weighted by Crippen LogP contribution is -2.51. The summed E-state index contributed by atoms with van der Waals surface area (Å²) in [6, 6.07) is 0.365. The number of nitrogens with one attached hydrogen (secondary N) is 1. The number of halogens is 1. The molecule has 2 unspecified atom stereocenters. The lowest BCUT2D eigenvalue weighted by molar-refractivity contribution is -0.146. The average molecular weight is 408 g/mol. The van der Waals surface area contributed by atoms with Crippen molar-refractivity contribution in [1.82, 2.24) is 14.8 Å². The highest BCUT2D eigenvalue weighted by Crippen LogP contribution is 2.40. The third-order valence-electron chi connectivity index (χ3n) is 6.11. The Bertz CT molecular complexity index is 737. The minimum Gasteiger partial charge on any atom is -0.383 e. The zero-order valence-electron chi connectivity index (χ0n) is 16.7. The van der Waals surface area contributed by atoms with Crippen LogP contribution in [0.25, 0.3) is 6.08 Å². The van der Waals surface area contributed by atoms with Gasteiger partial charge in [-0.25, -0.2) is 0 Å². The topological polar surface area (TPSA) is 55.7 Å². The number of carbonyl (C=O) groups is 1. The fourth-order valence-electron chi connectivity index (χ4n) is 4.35. The number of hydrogen-bond acceptors (Lipinski definition) is 4. The quantitative estimate of drug-likeness (QED) is 0.754. The minimum atomic E-state index is -0.354. The van der Waals surface area contributed by atoms with Gasteiger partial charge in [-0.2, -0.15) is 0 Å². The third kappa shape index (κ3) is 4.01. The van der Waals surface area contributed by atoms with Crippen LogP contribution in [0.15, 0.2) is 12.3 Å². The van der Waals surface area contributed by atoms with E-state index in [-0.39, 0.29) is 23.8 Å². The largest absolute Gasteiger partial charge is 0.383 e. The Balaban J connectivity index is 1.51. The van der Waals surface area contributed by atoms with E-state index < -0.39 is 0 Å². The fourth-order valence-corrected chi connectivity index (χ4v) is 4.63. The van der Waals surface area contributed by atoms with Crippen molar-refractivity contribution in [2.24, 2.45) is 5.92 Å². The molecular weight excluding hydrogens is 378 g/mol. The second-order valence-corrected chi connectivity index (χ2v) is 8.47. The Kier molecular flexibility index (Phi) is 6.11. The van der Waals surface area contributed by atoms with Gasteiger partial charge in [-0.1, -0.05) is 30.7 Å². The summed E-state index contributed by atoms with van der Waals surface area (Å²) in [5, 5.41) is 4.05. The van der Waals surface area contributed by atoms with Crippen LogP contribution in [0.1, 0.15) is 36.9 Å². The van der Waals surface area contributed by atoms with Gasteiger partial charge in [-0.15, -0.1) is 0 Å². The summed E-state index contributed by atoms with van der Waals surface area (Å²) in [6.07, 6.45) is 8.19. The van der Waals surface area contributed by atoms with Gasteiger partial charge in [0, 0.05) is 68.6 Å². The first-order chi connectivity index (χ1) is 13.6. The number of carbonyl (C=O) groups excluding carboxylic acids is 1. The van der Waals surface area contributed by atoms with E-state index in [4.69, 9.17) is 21.1 Å². The van der Waals surface area contributed by atoms with Crippen molar-refractivity contribution in [3.63, 3.8) is 0 Å². The molecule has 4 rings (SSSR count). The van der Waals surface area contributed by atoms with E-state index in [9.17, 15) is 4.79 Å². The Morgan fingerprint density at radius 1 is 1.46 bits per heavy atom. The zero-order chi connectivity index (χ0) is 19.7. The molecule has 0 aromatic carbocycles. The predicted octanol–water partition coefficient (Wildman–Crippen LogP) is 2.51. The molecule has 0 bridgehead atoms. The number of amides is 1. The van der Waals surface area contributed by atoms with Crippen LogP contribution >= 0.6 is 11.6 Å². The van der Waals surface area contributed by atoms with Crippen molar-refractivity contribution in [2.45, 2.75) is 44.4 Å². The van der Waals surface area contributed by atoms with E-state index in [1.54, 1.807) is 7.11 Å². The van der Waals surface area contributed by atoms with E-state index >= 15 is 0 Å². The maximum atomic E-state index is 13.1. The maximum absolute atomic E-state index is 13.1. The maximum Gasteiger partial charge on any atom is 0.253 e. The molecular formula is C21H30ClN3O3. The van der Waals surface area contributed by atoms with Crippen LogP contribution in [0, 0.1) is 5.92 Å². The molecule has 154 valence electrons. The first-order valence-corrected chi connectivity index (χ1v) is 10.7. The number of aromatic nitrogens is 1. The van der Waals surface area contributed by atoms with Gasteiger partial charge in [0.05, 0.1) is 18.2 Å². The zero-order valence-corrected chi connectivity index (χ0v) is 17.5. The molecule has 0 radical (unpaired) electrons. The van der Waals surface area contributed by atoms with E-state index in [1.165, 1.54) is 5.69 Å². The molecule has 1 amide bonds. The van der Waals surface area contributed by atoms with Gasteiger partial charge < -0.3 is 24.3 Å². The van der Waals surface area contributed by atoms with Crippen LogP contribution in [0.2, 0.25) is 5.02 Å². The van der Waals surface area contributed by atoms with Crippen LogP contribution in [0.4, 0.5) is 0 Å². The van der Waals surface area contributed by atoms with Gasteiger partial charge in [0.2, 0.25) is 0 Å². The van der Waals surface area contributed by atoms with Crippen molar-refractivity contribution in [2.75, 3.05) is 40.0 Å². The molecule has 3 atom stereocenters. The van der Waals surface area contributed by atoms with Gasteiger partial charge in [-0.3, -0.25) is 4.79 Å².